The predicted octanol–water partition coefficient (Wildman–Crippen LogP) is 2.07. The maximum Gasteiger partial charge on any atom is 0.220 e. The standard InChI is InChI=1S/C11H12ClN5.C5H10O2/c12-8-6-14-11(13)16-10(8)7-5-15-17-4-2-1-3-9(7)17;6-5-2-1-3-7-4-5/h5-6H,1-4H2,(H2,13,14,16);5-6H,1-4H2. The minimum atomic E-state index is -0.186. The molecule has 4 heterocycles. The molecule has 24 heavy (non-hydrogen) atoms. The van der Waals surface area contributed by atoms with Gasteiger partial charge in [-0.1, -0.05) is 11.6 Å². The second-order valence-corrected chi connectivity index (χ2v) is 6.39. The molecule has 4 rings (SSSR count). The van der Waals surface area contributed by atoms with Crippen LogP contribution in [0.15, 0.2) is 12.4 Å². The van der Waals surface area contributed by atoms with Crippen LogP contribution in [0.5, 0.6) is 0 Å². The lowest BCUT2D eigenvalue weighted by Gasteiger charge is -2.15. The molecule has 8 heteroatoms. The first-order valence-corrected chi connectivity index (χ1v) is 8.62. The van der Waals surface area contributed by atoms with Crippen molar-refractivity contribution in [1.29, 1.82) is 0 Å². The van der Waals surface area contributed by atoms with Gasteiger partial charge in [0.25, 0.3) is 0 Å². The summed E-state index contributed by atoms with van der Waals surface area (Å²) in [4.78, 5) is 8.07. The molecule has 2 aromatic rings. The Kier molecular flexibility index (Phi) is 5.65. The first kappa shape index (κ1) is 17.1. The normalized spacial score (nSPS) is 20.0. The van der Waals surface area contributed by atoms with Crippen LogP contribution in [0, 0.1) is 0 Å². The number of nitrogen functional groups attached to an aromatic ring is 1. The summed E-state index contributed by atoms with van der Waals surface area (Å²) in [5, 5.41) is 13.7. The van der Waals surface area contributed by atoms with Crippen molar-refractivity contribution in [2.24, 2.45) is 0 Å². The highest BCUT2D eigenvalue weighted by molar-refractivity contribution is 6.32. The van der Waals surface area contributed by atoms with E-state index in [0.717, 1.165) is 38.0 Å². The van der Waals surface area contributed by atoms with Crippen molar-refractivity contribution < 1.29 is 9.84 Å². The maximum atomic E-state index is 8.78. The molecular weight excluding hydrogens is 330 g/mol. The lowest BCUT2D eigenvalue weighted by molar-refractivity contribution is -0.00535. The Labute approximate surface area is 145 Å². The first-order valence-electron chi connectivity index (χ1n) is 8.24. The average molecular weight is 352 g/mol. The molecule has 130 valence electrons. The molecule has 0 radical (unpaired) electrons. The van der Waals surface area contributed by atoms with E-state index >= 15 is 0 Å². The Balaban J connectivity index is 0.000000203. The Bertz CT molecular complexity index is 685. The molecule has 0 bridgehead atoms. The Morgan fingerprint density at radius 3 is 2.88 bits per heavy atom. The molecule has 1 unspecified atom stereocenters. The van der Waals surface area contributed by atoms with Gasteiger partial charge in [-0.05, 0) is 32.1 Å². The number of halogens is 1. The van der Waals surface area contributed by atoms with Gasteiger partial charge < -0.3 is 15.6 Å². The van der Waals surface area contributed by atoms with E-state index in [1.165, 1.54) is 24.7 Å². The monoisotopic (exact) mass is 351 g/mol. The smallest absolute Gasteiger partial charge is 0.220 e. The van der Waals surface area contributed by atoms with Crippen LogP contribution in [0.4, 0.5) is 5.95 Å². The summed E-state index contributed by atoms with van der Waals surface area (Å²) < 4.78 is 6.95. The molecule has 0 saturated carbocycles. The highest BCUT2D eigenvalue weighted by atomic mass is 35.5. The van der Waals surface area contributed by atoms with Crippen LogP contribution in [-0.2, 0) is 17.7 Å². The van der Waals surface area contributed by atoms with Crippen LogP contribution < -0.4 is 5.73 Å². The van der Waals surface area contributed by atoms with E-state index in [1.807, 2.05) is 10.9 Å². The Morgan fingerprint density at radius 1 is 1.29 bits per heavy atom. The molecule has 1 atom stereocenters. The van der Waals surface area contributed by atoms with Gasteiger partial charge in [-0.25, -0.2) is 9.97 Å². The van der Waals surface area contributed by atoms with E-state index < -0.39 is 0 Å². The second kappa shape index (κ2) is 7.92. The number of aryl methyl sites for hydroxylation is 1. The zero-order valence-corrected chi connectivity index (χ0v) is 14.2. The first-order chi connectivity index (χ1) is 11.6. The van der Waals surface area contributed by atoms with Crippen LogP contribution in [0.2, 0.25) is 5.02 Å². The van der Waals surface area contributed by atoms with Crippen molar-refractivity contribution in [1.82, 2.24) is 19.7 Å². The third-order valence-electron chi connectivity index (χ3n) is 4.14. The summed E-state index contributed by atoms with van der Waals surface area (Å²) in [6, 6.07) is 0. The number of nitrogens with two attached hydrogens (primary N) is 1. The summed E-state index contributed by atoms with van der Waals surface area (Å²) >= 11 is 6.11. The lowest BCUT2D eigenvalue weighted by Crippen LogP contribution is -2.21. The van der Waals surface area contributed by atoms with Crippen LogP contribution in [0.25, 0.3) is 11.3 Å². The maximum absolute atomic E-state index is 8.78. The highest BCUT2D eigenvalue weighted by Crippen LogP contribution is 2.31. The Hall–Kier alpha value is -1.70. The molecule has 0 spiro atoms. The van der Waals surface area contributed by atoms with Crippen LogP contribution in [0.1, 0.15) is 31.4 Å². The summed E-state index contributed by atoms with van der Waals surface area (Å²) in [7, 11) is 0. The average Bonchev–Trinajstić information content (AvgIpc) is 3.02. The van der Waals surface area contributed by atoms with Gasteiger partial charge in [0.2, 0.25) is 5.95 Å². The Morgan fingerprint density at radius 2 is 2.17 bits per heavy atom. The van der Waals surface area contributed by atoms with E-state index in [1.54, 1.807) is 0 Å². The molecule has 2 aliphatic heterocycles. The number of aromatic nitrogens is 4. The van der Waals surface area contributed by atoms with E-state index in [0.29, 0.717) is 17.3 Å². The van der Waals surface area contributed by atoms with Crippen LogP contribution >= 0.6 is 11.6 Å². The van der Waals surface area contributed by atoms with E-state index in [-0.39, 0.29) is 12.1 Å². The number of hydrogen-bond donors (Lipinski definition) is 2. The van der Waals surface area contributed by atoms with Gasteiger partial charge in [-0.2, -0.15) is 5.10 Å². The summed E-state index contributed by atoms with van der Waals surface area (Å²) in [5.74, 6) is 0.236. The van der Waals surface area contributed by atoms with Crippen LogP contribution in [-0.4, -0.2) is 44.2 Å². The van der Waals surface area contributed by atoms with Crippen molar-refractivity contribution in [3.8, 4) is 11.3 Å². The van der Waals surface area contributed by atoms with Gasteiger partial charge in [0.1, 0.15) is 0 Å². The highest BCUT2D eigenvalue weighted by Gasteiger charge is 2.19. The largest absolute Gasteiger partial charge is 0.391 e. The molecule has 3 N–H and O–H groups in total. The summed E-state index contributed by atoms with van der Waals surface area (Å²) in [5.41, 5.74) is 8.45. The fourth-order valence-electron chi connectivity index (χ4n) is 2.91. The van der Waals surface area contributed by atoms with Gasteiger partial charge >= 0.3 is 0 Å². The second-order valence-electron chi connectivity index (χ2n) is 5.98. The number of aliphatic hydroxyl groups excluding tert-OH is 1. The molecule has 7 nitrogen and oxygen atoms in total. The predicted molar refractivity (Wildman–Crippen MR) is 91.7 cm³/mol. The van der Waals surface area contributed by atoms with Gasteiger partial charge in [-0.15, -0.1) is 0 Å². The number of fused-ring (bicyclic) bond motifs is 1. The minimum absolute atomic E-state index is 0.186. The van der Waals surface area contributed by atoms with Crippen molar-refractivity contribution in [3.05, 3.63) is 23.1 Å². The molecule has 1 saturated heterocycles. The fourth-order valence-corrected chi connectivity index (χ4v) is 3.11. The third kappa shape index (κ3) is 4.03. The summed E-state index contributed by atoms with van der Waals surface area (Å²) in [6.45, 7) is 2.34. The molecule has 0 amide bonds. The number of anilines is 1. The number of rotatable bonds is 1. The van der Waals surface area contributed by atoms with Gasteiger partial charge in [0.05, 0.1) is 35.8 Å². The van der Waals surface area contributed by atoms with Gasteiger partial charge in [0, 0.05) is 24.4 Å². The van der Waals surface area contributed by atoms with Gasteiger partial charge in [-0.3, -0.25) is 4.68 Å². The lowest BCUT2D eigenvalue weighted by atomic mass is 10.0. The summed E-state index contributed by atoms with van der Waals surface area (Å²) in [6.07, 6.45) is 8.45. The van der Waals surface area contributed by atoms with Crippen molar-refractivity contribution >= 4 is 17.5 Å². The van der Waals surface area contributed by atoms with E-state index in [4.69, 9.17) is 27.2 Å². The van der Waals surface area contributed by atoms with E-state index in [9.17, 15) is 0 Å². The van der Waals surface area contributed by atoms with E-state index in [2.05, 4.69) is 15.1 Å². The molecule has 2 aliphatic rings. The van der Waals surface area contributed by atoms with Crippen molar-refractivity contribution in [3.63, 3.8) is 0 Å². The molecule has 0 aliphatic carbocycles. The fraction of sp³-hybridized carbons (Fsp3) is 0.562. The number of hydrogen-bond acceptors (Lipinski definition) is 6. The van der Waals surface area contributed by atoms with Crippen molar-refractivity contribution in [2.45, 2.75) is 44.8 Å². The number of ether oxygens (including phenoxy) is 1. The molecule has 0 aromatic carbocycles. The topological polar surface area (TPSA) is 99.1 Å². The number of aliphatic hydroxyl groups is 1. The number of nitrogens with zero attached hydrogens (tertiary/aromatic N) is 4. The van der Waals surface area contributed by atoms with Crippen molar-refractivity contribution in [2.75, 3.05) is 18.9 Å². The third-order valence-corrected chi connectivity index (χ3v) is 4.41. The molecular formula is C16H22ClN5O2. The quantitative estimate of drug-likeness (QED) is 0.816. The SMILES string of the molecule is Nc1ncc(Cl)c(-c2cnn3c2CCCC3)n1.OC1CCCOC1. The molecule has 2 aromatic heterocycles. The minimum Gasteiger partial charge on any atom is -0.391 e. The van der Waals surface area contributed by atoms with Crippen LogP contribution in [0.3, 0.4) is 0 Å². The zero-order chi connectivity index (χ0) is 16.9. The molecule has 1 fully saturated rings. The van der Waals surface area contributed by atoms with Gasteiger partial charge in [0.15, 0.2) is 0 Å². The zero-order valence-electron chi connectivity index (χ0n) is 13.5.